The number of nitrogens with zero attached hydrogens (tertiary/aromatic N) is 4. The molecule has 4 aromatic rings. The van der Waals surface area contributed by atoms with Crippen LogP contribution in [0.3, 0.4) is 0 Å². The van der Waals surface area contributed by atoms with Gasteiger partial charge in [0.05, 0.1) is 5.69 Å². The van der Waals surface area contributed by atoms with Crippen molar-refractivity contribution >= 4 is 16.9 Å². The number of aryl methyl sites for hydroxylation is 1. The van der Waals surface area contributed by atoms with Gasteiger partial charge >= 0.3 is 0 Å². The summed E-state index contributed by atoms with van der Waals surface area (Å²) >= 11 is 0. The number of aromatic nitrogens is 3. The Morgan fingerprint density at radius 3 is 2.52 bits per heavy atom. The summed E-state index contributed by atoms with van der Waals surface area (Å²) in [5.74, 6) is 0.878. The van der Waals surface area contributed by atoms with Gasteiger partial charge in [-0.1, -0.05) is 35.5 Å². The molecule has 3 heterocycles. The van der Waals surface area contributed by atoms with Crippen LogP contribution in [0.2, 0.25) is 0 Å². The summed E-state index contributed by atoms with van der Waals surface area (Å²) in [6, 6.07) is 16.1. The van der Waals surface area contributed by atoms with Gasteiger partial charge in [-0.25, -0.2) is 9.97 Å². The molecule has 0 aliphatic rings. The smallest absolute Gasteiger partial charge is 0.193 e. The zero-order valence-corrected chi connectivity index (χ0v) is 14.4. The third-order valence-corrected chi connectivity index (χ3v) is 4.16. The number of rotatable bonds is 3. The van der Waals surface area contributed by atoms with Gasteiger partial charge < -0.3 is 9.42 Å². The minimum atomic E-state index is 0.688. The van der Waals surface area contributed by atoms with Crippen molar-refractivity contribution in [2.24, 2.45) is 0 Å². The number of benzene rings is 1. The molecule has 0 aliphatic carbocycles. The topological polar surface area (TPSA) is 55.1 Å². The van der Waals surface area contributed by atoms with Crippen LogP contribution in [0.5, 0.6) is 0 Å². The predicted octanol–water partition coefficient (Wildman–Crippen LogP) is 4.33. The molecule has 124 valence electrons. The molecule has 4 rings (SSSR count). The summed E-state index contributed by atoms with van der Waals surface area (Å²) in [5.41, 5.74) is 6.14. The monoisotopic (exact) mass is 330 g/mol. The van der Waals surface area contributed by atoms with Crippen LogP contribution >= 0.6 is 0 Å². The predicted molar refractivity (Wildman–Crippen MR) is 99.5 cm³/mol. The van der Waals surface area contributed by atoms with Gasteiger partial charge in [0.2, 0.25) is 0 Å². The van der Waals surface area contributed by atoms with Gasteiger partial charge in [0.15, 0.2) is 5.58 Å². The SMILES string of the molecule is Cc1noc2c(-c3cccnc3N(C)C)cc(-c3ccccc3)nc12. The highest BCUT2D eigenvalue weighted by Gasteiger charge is 2.18. The minimum absolute atomic E-state index is 0.688. The molecule has 5 heteroatoms. The zero-order chi connectivity index (χ0) is 17.4. The number of hydrogen-bond donors (Lipinski definition) is 0. The maximum Gasteiger partial charge on any atom is 0.193 e. The molecule has 0 spiro atoms. The van der Waals surface area contributed by atoms with Gasteiger partial charge in [0, 0.05) is 37.0 Å². The van der Waals surface area contributed by atoms with E-state index >= 15 is 0 Å². The molecule has 0 bridgehead atoms. The van der Waals surface area contributed by atoms with Crippen LogP contribution in [-0.4, -0.2) is 29.2 Å². The number of pyridine rings is 2. The summed E-state index contributed by atoms with van der Waals surface area (Å²) in [5, 5.41) is 4.12. The first-order chi connectivity index (χ1) is 12.1. The molecular formula is C20H18N4O. The summed E-state index contributed by atoms with van der Waals surface area (Å²) in [6.07, 6.45) is 1.79. The maximum absolute atomic E-state index is 5.60. The van der Waals surface area contributed by atoms with Gasteiger partial charge in [-0.15, -0.1) is 0 Å². The first kappa shape index (κ1) is 15.3. The number of fused-ring (bicyclic) bond motifs is 1. The van der Waals surface area contributed by atoms with Gasteiger partial charge in [0.1, 0.15) is 17.0 Å². The summed E-state index contributed by atoms with van der Waals surface area (Å²) in [4.78, 5) is 11.3. The average molecular weight is 330 g/mol. The van der Waals surface area contributed by atoms with Crippen LogP contribution in [0.4, 0.5) is 5.82 Å². The van der Waals surface area contributed by atoms with Gasteiger partial charge in [0.25, 0.3) is 0 Å². The van der Waals surface area contributed by atoms with Gasteiger partial charge in [-0.2, -0.15) is 0 Å². The third-order valence-electron chi connectivity index (χ3n) is 4.16. The highest BCUT2D eigenvalue weighted by Crippen LogP contribution is 2.36. The van der Waals surface area contributed by atoms with E-state index < -0.39 is 0 Å². The fourth-order valence-corrected chi connectivity index (χ4v) is 2.95. The second-order valence-corrected chi connectivity index (χ2v) is 6.14. The molecule has 0 saturated heterocycles. The van der Waals surface area contributed by atoms with Crippen LogP contribution in [0.1, 0.15) is 5.69 Å². The van der Waals surface area contributed by atoms with Crippen molar-refractivity contribution in [3.05, 3.63) is 60.4 Å². The quantitative estimate of drug-likeness (QED) is 0.560. The van der Waals surface area contributed by atoms with E-state index in [4.69, 9.17) is 9.51 Å². The highest BCUT2D eigenvalue weighted by molar-refractivity contribution is 5.96. The van der Waals surface area contributed by atoms with Crippen molar-refractivity contribution in [2.75, 3.05) is 19.0 Å². The third kappa shape index (κ3) is 2.63. The van der Waals surface area contributed by atoms with E-state index in [1.165, 1.54) is 0 Å². The average Bonchev–Trinajstić information content (AvgIpc) is 3.03. The first-order valence-electron chi connectivity index (χ1n) is 8.10. The lowest BCUT2D eigenvalue weighted by atomic mass is 10.0. The Morgan fingerprint density at radius 1 is 0.960 bits per heavy atom. The van der Waals surface area contributed by atoms with Crippen LogP contribution in [0.25, 0.3) is 33.5 Å². The number of anilines is 1. The van der Waals surface area contributed by atoms with E-state index in [-0.39, 0.29) is 0 Å². The van der Waals surface area contributed by atoms with Crippen LogP contribution in [-0.2, 0) is 0 Å². The lowest BCUT2D eigenvalue weighted by Gasteiger charge is -2.16. The van der Waals surface area contributed by atoms with E-state index in [1.54, 1.807) is 6.20 Å². The van der Waals surface area contributed by atoms with Crippen molar-refractivity contribution in [1.82, 2.24) is 15.1 Å². The van der Waals surface area contributed by atoms with Crippen LogP contribution in [0, 0.1) is 6.92 Å². The molecule has 0 N–H and O–H groups in total. The first-order valence-corrected chi connectivity index (χ1v) is 8.10. The Bertz CT molecular complexity index is 1040. The molecule has 3 aromatic heterocycles. The van der Waals surface area contributed by atoms with E-state index in [1.807, 2.05) is 62.3 Å². The molecule has 0 saturated carbocycles. The van der Waals surface area contributed by atoms with E-state index in [2.05, 4.69) is 22.3 Å². The normalized spacial score (nSPS) is 11.0. The standard InChI is InChI=1S/C20H18N4O/c1-13-18-19(25-23-13)16(15-10-7-11-21-20(15)24(2)3)12-17(22-18)14-8-5-4-6-9-14/h4-12H,1-3H3. The lowest BCUT2D eigenvalue weighted by molar-refractivity contribution is 0.451. The van der Waals surface area contributed by atoms with Crippen molar-refractivity contribution in [1.29, 1.82) is 0 Å². The van der Waals surface area contributed by atoms with Crippen LogP contribution < -0.4 is 4.90 Å². The molecule has 5 nitrogen and oxygen atoms in total. The molecule has 0 aliphatic heterocycles. The molecule has 0 unspecified atom stereocenters. The fraction of sp³-hybridized carbons (Fsp3) is 0.150. The lowest BCUT2D eigenvalue weighted by Crippen LogP contribution is -2.11. The maximum atomic E-state index is 5.60. The Balaban J connectivity index is 2.04. The molecule has 0 amide bonds. The van der Waals surface area contributed by atoms with Crippen molar-refractivity contribution < 1.29 is 4.52 Å². The molecule has 0 atom stereocenters. The number of hydrogen-bond acceptors (Lipinski definition) is 5. The van der Waals surface area contributed by atoms with Gasteiger partial charge in [-0.05, 0) is 25.1 Å². The van der Waals surface area contributed by atoms with Crippen molar-refractivity contribution in [2.45, 2.75) is 6.92 Å². The molecular weight excluding hydrogens is 312 g/mol. The fourth-order valence-electron chi connectivity index (χ4n) is 2.95. The van der Waals surface area contributed by atoms with Crippen molar-refractivity contribution in [3.8, 4) is 22.4 Å². The molecule has 0 radical (unpaired) electrons. The summed E-state index contributed by atoms with van der Waals surface area (Å²) in [6.45, 7) is 1.91. The summed E-state index contributed by atoms with van der Waals surface area (Å²) < 4.78 is 5.60. The second-order valence-electron chi connectivity index (χ2n) is 6.14. The molecule has 1 aromatic carbocycles. The second kappa shape index (κ2) is 6.02. The van der Waals surface area contributed by atoms with Crippen LogP contribution in [0.15, 0.2) is 59.3 Å². The Hall–Kier alpha value is -3.21. The van der Waals surface area contributed by atoms with Crippen molar-refractivity contribution in [3.63, 3.8) is 0 Å². The Morgan fingerprint density at radius 2 is 1.76 bits per heavy atom. The highest BCUT2D eigenvalue weighted by atomic mass is 16.5. The Kier molecular flexibility index (Phi) is 3.69. The van der Waals surface area contributed by atoms with E-state index in [0.29, 0.717) is 5.58 Å². The molecule has 25 heavy (non-hydrogen) atoms. The van der Waals surface area contributed by atoms with E-state index in [9.17, 15) is 0 Å². The minimum Gasteiger partial charge on any atom is -0.362 e. The molecule has 0 fully saturated rings. The summed E-state index contributed by atoms with van der Waals surface area (Å²) in [7, 11) is 3.96. The zero-order valence-electron chi connectivity index (χ0n) is 14.4. The van der Waals surface area contributed by atoms with E-state index in [0.717, 1.165) is 39.4 Å². The Labute approximate surface area is 145 Å². The largest absolute Gasteiger partial charge is 0.362 e. The van der Waals surface area contributed by atoms with Gasteiger partial charge in [-0.3, -0.25) is 0 Å².